The summed E-state index contributed by atoms with van der Waals surface area (Å²) in [7, 11) is 0. The highest BCUT2D eigenvalue weighted by Gasteiger charge is 2.11. The van der Waals surface area contributed by atoms with Crippen molar-refractivity contribution in [2.45, 2.75) is 26.9 Å². The Kier molecular flexibility index (Phi) is 5.22. The molecule has 0 unspecified atom stereocenters. The van der Waals surface area contributed by atoms with Crippen LogP contribution in [0.15, 0.2) is 58.8 Å². The normalized spacial score (nSPS) is 11.0. The topological polar surface area (TPSA) is 73.6 Å². The molecular weight excluding hydrogens is 386 g/mol. The summed E-state index contributed by atoms with van der Waals surface area (Å²) < 4.78 is 6.78. The first-order chi connectivity index (χ1) is 14.0. The van der Waals surface area contributed by atoms with Gasteiger partial charge in [0.2, 0.25) is 0 Å². The Morgan fingerprint density at radius 3 is 2.59 bits per heavy atom. The summed E-state index contributed by atoms with van der Waals surface area (Å²) in [5.41, 5.74) is 4.59. The number of benzene rings is 1. The van der Waals surface area contributed by atoms with Crippen LogP contribution in [0.3, 0.4) is 0 Å². The molecule has 0 aliphatic carbocycles. The Morgan fingerprint density at radius 2 is 1.79 bits per heavy atom. The van der Waals surface area contributed by atoms with Crippen LogP contribution in [0, 0.1) is 13.8 Å². The number of esters is 1. The molecule has 0 saturated heterocycles. The second-order valence-corrected chi connectivity index (χ2v) is 7.73. The van der Waals surface area contributed by atoms with Gasteiger partial charge < -0.3 is 4.74 Å². The van der Waals surface area contributed by atoms with Gasteiger partial charge in [-0.25, -0.2) is 9.97 Å². The molecule has 0 fully saturated rings. The van der Waals surface area contributed by atoms with Crippen LogP contribution >= 0.6 is 11.3 Å². The van der Waals surface area contributed by atoms with Gasteiger partial charge in [0.15, 0.2) is 0 Å². The minimum atomic E-state index is -0.406. The molecule has 3 aromatic heterocycles. The summed E-state index contributed by atoms with van der Waals surface area (Å²) in [6.45, 7) is 3.89. The third-order valence-electron chi connectivity index (χ3n) is 4.42. The van der Waals surface area contributed by atoms with E-state index >= 15 is 0 Å². The zero-order chi connectivity index (χ0) is 20.4. The number of thiazole rings is 1. The number of rotatable bonds is 5. The van der Waals surface area contributed by atoms with E-state index in [-0.39, 0.29) is 18.6 Å². The lowest BCUT2D eigenvalue weighted by molar-refractivity contribution is -0.144. The van der Waals surface area contributed by atoms with Crippen molar-refractivity contribution in [1.82, 2.24) is 14.4 Å². The van der Waals surface area contributed by atoms with Crippen LogP contribution < -0.4 is 5.56 Å². The van der Waals surface area contributed by atoms with Crippen molar-refractivity contribution in [3.8, 4) is 10.6 Å². The highest BCUT2D eigenvalue weighted by molar-refractivity contribution is 7.13. The molecule has 4 rings (SSSR count). The fraction of sp³-hybridized carbons (Fsp3) is 0.182. The largest absolute Gasteiger partial charge is 0.459 e. The third-order valence-corrected chi connectivity index (χ3v) is 5.36. The number of ether oxygens (including phenoxy) is 1. The zero-order valence-corrected chi connectivity index (χ0v) is 16.9. The smallest absolute Gasteiger partial charge is 0.312 e. The number of aromatic nitrogens is 3. The molecule has 146 valence electrons. The van der Waals surface area contributed by atoms with Crippen molar-refractivity contribution in [3.05, 3.63) is 86.9 Å². The minimum absolute atomic E-state index is 0.0482. The maximum absolute atomic E-state index is 12.2. The molecule has 4 aromatic rings. The second-order valence-electron chi connectivity index (χ2n) is 6.87. The molecular formula is C22H19N3O3S. The number of fused-ring (bicyclic) bond motifs is 1. The molecule has 0 saturated carbocycles. The van der Waals surface area contributed by atoms with Crippen molar-refractivity contribution in [1.29, 1.82) is 0 Å². The Hall–Kier alpha value is -3.32. The number of pyridine rings is 1. The number of nitrogens with zero attached hydrogens (tertiary/aromatic N) is 3. The number of aryl methyl sites for hydroxylation is 2. The monoisotopic (exact) mass is 405 g/mol. The van der Waals surface area contributed by atoms with Crippen LogP contribution in [0.1, 0.15) is 22.5 Å². The van der Waals surface area contributed by atoms with Gasteiger partial charge >= 0.3 is 5.97 Å². The first kappa shape index (κ1) is 19.0. The van der Waals surface area contributed by atoms with E-state index in [4.69, 9.17) is 4.74 Å². The van der Waals surface area contributed by atoms with Crippen molar-refractivity contribution < 1.29 is 9.53 Å². The van der Waals surface area contributed by atoms with Crippen LogP contribution in [-0.2, 0) is 22.6 Å². The molecule has 29 heavy (non-hydrogen) atoms. The van der Waals surface area contributed by atoms with Gasteiger partial charge in [-0.3, -0.25) is 14.0 Å². The Bertz CT molecular complexity index is 1240. The Balaban J connectivity index is 1.40. The lowest BCUT2D eigenvalue weighted by Gasteiger charge is -2.06. The molecule has 0 bridgehead atoms. The number of carbonyl (C=O) groups is 1. The van der Waals surface area contributed by atoms with E-state index in [1.807, 2.05) is 49.6 Å². The quantitative estimate of drug-likeness (QED) is 0.473. The fourth-order valence-electron chi connectivity index (χ4n) is 2.90. The van der Waals surface area contributed by atoms with E-state index < -0.39 is 5.97 Å². The van der Waals surface area contributed by atoms with Crippen molar-refractivity contribution in [2.75, 3.05) is 0 Å². The van der Waals surface area contributed by atoms with Gasteiger partial charge in [0.05, 0.1) is 17.8 Å². The average Bonchev–Trinajstić information content (AvgIpc) is 3.16. The van der Waals surface area contributed by atoms with Crippen molar-refractivity contribution >= 4 is 23.0 Å². The number of hydrogen-bond acceptors (Lipinski definition) is 6. The van der Waals surface area contributed by atoms with Crippen LogP contribution in [0.25, 0.3) is 16.2 Å². The minimum Gasteiger partial charge on any atom is -0.459 e. The zero-order valence-electron chi connectivity index (χ0n) is 16.1. The highest BCUT2D eigenvalue weighted by Crippen LogP contribution is 2.24. The SMILES string of the molecule is Cc1ccc(-c2nc(CC(=O)OCc3cc(=O)n4cc(C)ccc4n3)cs2)cc1. The fourth-order valence-corrected chi connectivity index (χ4v) is 3.73. The van der Waals surface area contributed by atoms with Gasteiger partial charge in [0.1, 0.15) is 17.3 Å². The maximum atomic E-state index is 12.2. The van der Waals surface area contributed by atoms with E-state index in [9.17, 15) is 9.59 Å². The Labute approximate surface area is 171 Å². The van der Waals surface area contributed by atoms with E-state index in [2.05, 4.69) is 9.97 Å². The summed E-state index contributed by atoms with van der Waals surface area (Å²) >= 11 is 1.49. The van der Waals surface area contributed by atoms with Crippen LogP contribution in [0.4, 0.5) is 0 Å². The maximum Gasteiger partial charge on any atom is 0.312 e. The Morgan fingerprint density at radius 1 is 1.03 bits per heavy atom. The molecule has 0 amide bonds. The van der Waals surface area contributed by atoms with Gasteiger partial charge in [-0.15, -0.1) is 11.3 Å². The average molecular weight is 405 g/mol. The van der Waals surface area contributed by atoms with E-state index in [1.54, 1.807) is 12.3 Å². The summed E-state index contributed by atoms with van der Waals surface area (Å²) in [4.78, 5) is 33.3. The van der Waals surface area contributed by atoms with Crippen molar-refractivity contribution in [2.24, 2.45) is 0 Å². The predicted molar refractivity (Wildman–Crippen MR) is 112 cm³/mol. The predicted octanol–water partition coefficient (Wildman–Crippen LogP) is 3.72. The lowest BCUT2D eigenvalue weighted by Crippen LogP contribution is -2.17. The van der Waals surface area contributed by atoms with E-state index in [0.29, 0.717) is 17.0 Å². The molecule has 0 N–H and O–H groups in total. The molecule has 1 aromatic carbocycles. The molecule has 0 spiro atoms. The van der Waals surface area contributed by atoms with Crippen molar-refractivity contribution in [3.63, 3.8) is 0 Å². The second kappa shape index (κ2) is 7.97. The third kappa shape index (κ3) is 4.41. The van der Waals surface area contributed by atoms with Gasteiger partial charge in [0, 0.05) is 23.2 Å². The van der Waals surface area contributed by atoms with Gasteiger partial charge in [0.25, 0.3) is 5.56 Å². The summed E-state index contributed by atoms with van der Waals surface area (Å²) in [5.74, 6) is -0.406. The van der Waals surface area contributed by atoms with Crippen LogP contribution in [0.5, 0.6) is 0 Å². The summed E-state index contributed by atoms with van der Waals surface area (Å²) in [5, 5.41) is 2.73. The summed E-state index contributed by atoms with van der Waals surface area (Å²) in [6.07, 6.45) is 1.81. The van der Waals surface area contributed by atoms with E-state index in [0.717, 1.165) is 16.1 Å². The first-order valence-electron chi connectivity index (χ1n) is 9.14. The molecule has 0 aliphatic rings. The number of hydrogen-bond donors (Lipinski definition) is 0. The standard InChI is InChI=1S/C22H19N3O3S/c1-14-3-6-16(7-4-14)22-24-18(13-29-22)10-21(27)28-12-17-9-20(26)25-11-15(2)5-8-19(25)23-17/h3-9,11,13H,10,12H2,1-2H3. The highest BCUT2D eigenvalue weighted by atomic mass is 32.1. The van der Waals surface area contributed by atoms with Crippen LogP contribution in [0.2, 0.25) is 0 Å². The molecule has 0 radical (unpaired) electrons. The lowest BCUT2D eigenvalue weighted by atomic mass is 10.2. The molecule has 0 aliphatic heterocycles. The molecule has 7 heteroatoms. The van der Waals surface area contributed by atoms with E-state index in [1.165, 1.54) is 27.4 Å². The number of carbonyl (C=O) groups excluding carboxylic acids is 1. The summed E-state index contributed by atoms with van der Waals surface area (Å²) in [6, 6.07) is 13.1. The molecule has 0 atom stereocenters. The molecule has 3 heterocycles. The van der Waals surface area contributed by atoms with Gasteiger partial charge in [-0.1, -0.05) is 35.9 Å². The van der Waals surface area contributed by atoms with Gasteiger partial charge in [-0.05, 0) is 25.5 Å². The van der Waals surface area contributed by atoms with Crippen LogP contribution in [-0.4, -0.2) is 20.3 Å². The van der Waals surface area contributed by atoms with Gasteiger partial charge in [-0.2, -0.15) is 0 Å². The first-order valence-corrected chi connectivity index (χ1v) is 10.0. The molecule has 6 nitrogen and oxygen atoms in total.